The molecule has 0 heterocycles. The zero-order valence-electron chi connectivity index (χ0n) is 24.7. The summed E-state index contributed by atoms with van der Waals surface area (Å²) in [6.45, 7) is 12.6. The number of hydrogen-bond acceptors (Lipinski definition) is 7. The van der Waals surface area contributed by atoms with E-state index in [1.165, 1.54) is 18.7 Å². The maximum Gasteiger partial charge on any atom is 0.328 e. The molecule has 0 aliphatic carbocycles. The molecule has 0 spiro atoms. The van der Waals surface area contributed by atoms with Crippen molar-refractivity contribution in [3.8, 4) is 0 Å². The molecule has 0 fully saturated rings. The van der Waals surface area contributed by atoms with Crippen LogP contribution in [0.1, 0.15) is 84.8 Å². The summed E-state index contributed by atoms with van der Waals surface area (Å²) in [7, 11) is 0. The smallest absolute Gasteiger partial charge is 0.328 e. The Hall–Kier alpha value is -3.27. The monoisotopic (exact) mass is 548 g/mol. The second-order valence-corrected chi connectivity index (χ2v) is 9.49. The predicted molar refractivity (Wildman–Crippen MR) is 152 cm³/mol. The predicted octanol–water partition coefficient (Wildman–Crippen LogP) is 2.79. The normalized spacial score (nSPS) is 11.9. The number of ether oxygens (including phenoxy) is 1. The zero-order chi connectivity index (χ0) is 30.0. The molecule has 1 rings (SSSR count). The quantitative estimate of drug-likeness (QED) is 0.212. The maximum atomic E-state index is 13.1. The number of carbonyl (C=O) groups is 5. The van der Waals surface area contributed by atoms with E-state index in [4.69, 9.17) is 10.5 Å². The number of nitrogens with one attached hydrogen (secondary N) is 2. The molecule has 0 aliphatic heterocycles. The van der Waals surface area contributed by atoms with E-state index in [9.17, 15) is 24.0 Å². The van der Waals surface area contributed by atoms with Gasteiger partial charge in [0.2, 0.25) is 17.7 Å². The second-order valence-electron chi connectivity index (χ2n) is 9.49. The van der Waals surface area contributed by atoms with E-state index >= 15 is 0 Å². The second kappa shape index (κ2) is 19.7. The van der Waals surface area contributed by atoms with Crippen LogP contribution in [-0.2, 0) is 35.3 Å². The number of aryl methyl sites for hydroxylation is 1. The lowest BCUT2D eigenvalue weighted by Gasteiger charge is -2.25. The highest BCUT2D eigenvalue weighted by atomic mass is 16.5. The number of nitrogens with zero attached hydrogens (tertiary/aromatic N) is 1. The highest BCUT2D eigenvalue weighted by Gasteiger charge is 2.28. The van der Waals surface area contributed by atoms with Gasteiger partial charge in [-0.15, -0.1) is 0 Å². The minimum Gasteiger partial charge on any atom is -0.461 e. The number of carbonyl (C=O) groups excluding carboxylic acids is 5. The Bertz CT molecular complexity index is 934. The molecule has 4 N–H and O–H groups in total. The minimum absolute atomic E-state index is 0.0879. The number of esters is 1. The van der Waals surface area contributed by atoms with Crippen LogP contribution in [0.3, 0.4) is 0 Å². The SMILES string of the molecule is CC.CC(=O)CCC(NC(=O)[C@H](CCCCN)NC(=O)CN(Cc1ccccc1C)C(C)=O)C(=O)OC(C)C. The van der Waals surface area contributed by atoms with Crippen molar-refractivity contribution in [3.05, 3.63) is 35.4 Å². The number of rotatable bonds is 16. The van der Waals surface area contributed by atoms with Gasteiger partial charge in [-0.1, -0.05) is 38.1 Å². The van der Waals surface area contributed by atoms with Gasteiger partial charge in [-0.3, -0.25) is 14.4 Å². The number of benzene rings is 1. The molecule has 0 bridgehead atoms. The van der Waals surface area contributed by atoms with E-state index in [1.807, 2.05) is 45.0 Å². The summed E-state index contributed by atoms with van der Waals surface area (Å²) in [5.74, 6) is -2.10. The van der Waals surface area contributed by atoms with Crippen LogP contribution >= 0.6 is 0 Å². The summed E-state index contributed by atoms with van der Waals surface area (Å²) in [4.78, 5) is 63.7. The first kappa shape index (κ1) is 35.7. The number of hydrogen-bond donors (Lipinski definition) is 3. The summed E-state index contributed by atoms with van der Waals surface area (Å²) < 4.78 is 5.24. The fourth-order valence-corrected chi connectivity index (χ4v) is 3.63. The lowest BCUT2D eigenvalue weighted by Crippen LogP contribution is -2.53. The van der Waals surface area contributed by atoms with Gasteiger partial charge in [0.25, 0.3) is 0 Å². The van der Waals surface area contributed by atoms with E-state index in [0.29, 0.717) is 25.8 Å². The first-order valence-electron chi connectivity index (χ1n) is 13.7. The Balaban J connectivity index is 0.00000704. The molecular formula is C29H48N4O6. The third kappa shape index (κ3) is 15.0. The van der Waals surface area contributed by atoms with E-state index in [-0.39, 0.29) is 37.6 Å². The van der Waals surface area contributed by atoms with Gasteiger partial charge in [-0.2, -0.15) is 0 Å². The minimum atomic E-state index is -1.03. The Morgan fingerprint density at radius 3 is 2.13 bits per heavy atom. The molecule has 0 aliphatic rings. The van der Waals surface area contributed by atoms with Gasteiger partial charge in [0.1, 0.15) is 17.9 Å². The maximum absolute atomic E-state index is 13.1. The van der Waals surface area contributed by atoms with Gasteiger partial charge in [0.05, 0.1) is 12.6 Å². The Morgan fingerprint density at radius 2 is 1.59 bits per heavy atom. The van der Waals surface area contributed by atoms with Gasteiger partial charge in [-0.05, 0) is 71.0 Å². The summed E-state index contributed by atoms with van der Waals surface area (Å²) in [6, 6.07) is 5.61. The van der Waals surface area contributed by atoms with E-state index < -0.39 is 36.0 Å². The molecule has 0 radical (unpaired) electrons. The molecule has 0 aromatic heterocycles. The van der Waals surface area contributed by atoms with Crippen LogP contribution in [0.15, 0.2) is 24.3 Å². The van der Waals surface area contributed by atoms with Gasteiger partial charge in [0, 0.05) is 19.9 Å². The molecule has 0 saturated carbocycles. The van der Waals surface area contributed by atoms with Gasteiger partial charge < -0.3 is 30.8 Å². The molecular weight excluding hydrogens is 500 g/mol. The number of Topliss-reactive ketones (excluding diaryl/α,β-unsaturated/α-hetero) is 1. The van der Waals surface area contributed by atoms with Crippen LogP contribution in [0.2, 0.25) is 0 Å². The summed E-state index contributed by atoms with van der Waals surface area (Å²) in [5.41, 5.74) is 7.50. The van der Waals surface area contributed by atoms with Gasteiger partial charge >= 0.3 is 5.97 Å². The van der Waals surface area contributed by atoms with Crippen LogP contribution < -0.4 is 16.4 Å². The lowest BCUT2D eigenvalue weighted by molar-refractivity contribution is -0.152. The number of nitrogens with two attached hydrogens (primary N) is 1. The van der Waals surface area contributed by atoms with Crippen molar-refractivity contribution >= 4 is 29.5 Å². The third-order valence-corrected chi connectivity index (χ3v) is 5.74. The molecule has 2 atom stereocenters. The number of amides is 3. The van der Waals surface area contributed by atoms with Crippen LogP contribution in [0, 0.1) is 6.92 Å². The van der Waals surface area contributed by atoms with E-state index in [2.05, 4.69) is 10.6 Å². The molecule has 0 saturated heterocycles. The van der Waals surface area contributed by atoms with Crippen molar-refractivity contribution in [3.63, 3.8) is 0 Å². The molecule has 10 nitrogen and oxygen atoms in total. The Kier molecular flexibility index (Phi) is 18.1. The highest BCUT2D eigenvalue weighted by molar-refractivity contribution is 5.92. The lowest BCUT2D eigenvalue weighted by atomic mass is 10.1. The fourth-order valence-electron chi connectivity index (χ4n) is 3.63. The molecule has 1 aromatic carbocycles. The summed E-state index contributed by atoms with van der Waals surface area (Å²) in [6.07, 6.45) is 1.30. The largest absolute Gasteiger partial charge is 0.461 e. The van der Waals surface area contributed by atoms with Crippen LogP contribution in [0.25, 0.3) is 0 Å². The molecule has 1 aromatic rings. The molecule has 220 valence electrons. The third-order valence-electron chi connectivity index (χ3n) is 5.74. The van der Waals surface area contributed by atoms with Crippen molar-refractivity contribution in [2.45, 2.75) is 105 Å². The zero-order valence-corrected chi connectivity index (χ0v) is 24.7. The van der Waals surface area contributed by atoms with Crippen molar-refractivity contribution in [2.24, 2.45) is 5.73 Å². The van der Waals surface area contributed by atoms with E-state index in [0.717, 1.165) is 11.1 Å². The topological polar surface area (TPSA) is 148 Å². The molecule has 39 heavy (non-hydrogen) atoms. The van der Waals surface area contributed by atoms with Crippen molar-refractivity contribution in [1.82, 2.24) is 15.5 Å². The highest BCUT2D eigenvalue weighted by Crippen LogP contribution is 2.11. The molecule has 1 unspecified atom stereocenters. The Morgan fingerprint density at radius 1 is 0.949 bits per heavy atom. The molecule has 10 heteroatoms. The summed E-state index contributed by atoms with van der Waals surface area (Å²) in [5, 5.41) is 5.35. The van der Waals surface area contributed by atoms with Crippen LogP contribution in [0.5, 0.6) is 0 Å². The standard InChI is InChI=1S/C27H42N4O6.C2H6/c1-18(2)37-27(36)24(14-13-20(4)32)30-26(35)23(12-8-9-15-28)29-25(34)17-31(21(5)33)16-22-11-7-6-10-19(22)3;1-2/h6-7,10-11,18,23-24H,8-9,12-17,28H2,1-5H3,(H,29,34)(H,30,35);1-2H3/t23-,24?;/m0./s1. The van der Waals surface area contributed by atoms with Gasteiger partial charge in [-0.25, -0.2) is 4.79 Å². The van der Waals surface area contributed by atoms with Gasteiger partial charge in [0.15, 0.2) is 0 Å². The average molecular weight is 549 g/mol. The van der Waals surface area contributed by atoms with Crippen molar-refractivity contribution in [2.75, 3.05) is 13.1 Å². The first-order valence-corrected chi connectivity index (χ1v) is 13.7. The van der Waals surface area contributed by atoms with Crippen LogP contribution in [-0.4, -0.2) is 65.7 Å². The van der Waals surface area contributed by atoms with Crippen molar-refractivity contribution < 1.29 is 28.7 Å². The first-order chi connectivity index (χ1) is 18.4. The van der Waals surface area contributed by atoms with Crippen molar-refractivity contribution in [1.29, 1.82) is 0 Å². The molecule has 3 amide bonds. The van der Waals surface area contributed by atoms with E-state index in [1.54, 1.807) is 13.8 Å². The number of unbranched alkanes of at least 4 members (excludes halogenated alkanes) is 1. The fraction of sp³-hybridized carbons (Fsp3) is 0.621. The number of ketones is 1. The summed E-state index contributed by atoms with van der Waals surface area (Å²) >= 11 is 0. The Labute approximate surface area is 233 Å². The van der Waals surface area contributed by atoms with Crippen LogP contribution in [0.4, 0.5) is 0 Å². The average Bonchev–Trinajstić information content (AvgIpc) is 2.87.